The number of likely N-dealkylation sites (N-methyl/N-ethyl adjacent to an activating group) is 1. The Balaban J connectivity index is 2.28. The van der Waals surface area contributed by atoms with E-state index in [-0.39, 0.29) is 0 Å². The van der Waals surface area contributed by atoms with Crippen LogP contribution in [0.15, 0.2) is 18.2 Å². The summed E-state index contributed by atoms with van der Waals surface area (Å²) in [6, 6.07) is 6.65. The second-order valence-corrected chi connectivity index (χ2v) is 6.04. The average Bonchev–Trinajstić information content (AvgIpc) is 2.78. The number of aromatic amines is 1. The molecule has 1 aromatic carbocycles. The van der Waals surface area contributed by atoms with E-state index in [1.807, 2.05) is 12.1 Å². The monoisotopic (exact) mass is 307 g/mol. The summed E-state index contributed by atoms with van der Waals surface area (Å²) in [6.45, 7) is 9.08. The van der Waals surface area contributed by atoms with Gasteiger partial charge in [-0.2, -0.15) is 0 Å². The fourth-order valence-corrected chi connectivity index (χ4v) is 2.52. The summed E-state index contributed by atoms with van der Waals surface area (Å²) in [6.07, 6.45) is 0.997. The van der Waals surface area contributed by atoms with E-state index in [1.165, 1.54) is 0 Å². The maximum absolute atomic E-state index is 5.80. The molecule has 0 saturated heterocycles. The first-order chi connectivity index (χ1) is 10.0. The van der Waals surface area contributed by atoms with Crippen molar-refractivity contribution in [2.45, 2.75) is 39.8 Å². The first-order valence-electron chi connectivity index (χ1n) is 7.59. The molecule has 0 unspecified atom stereocenters. The van der Waals surface area contributed by atoms with Crippen LogP contribution in [0.3, 0.4) is 0 Å². The predicted octanol–water partition coefficient (Wildman–Crippen LogP) is 3.83. The summed E-state index contributed by atoms with van der Waals surface area (Å²) < 4.78 is 8.71. The van der Waals surface area contributed by atoms with Crippen LogP contribution in [0, 0.1) is 4.77 Å². The molecule has 0 spiro atoms. The SMILES string of the molecule is CCCOc1cccc2c1[nH]c(=S)n2CCN(C)C(C)C. The molecule has 0 aliphatic rings. The quantitative estimate of drug-likeness (QED) is 0.789. The van der Waals surface area contributed by atoms with Crippen LogP contribution < -0.4 is 4.74 Å². The molecule has 2 rings (SSSR count). The third-order valence-corrected chi connectivity index (χ3v) is 4.11. The number of H-pyrrole nitrogens is 1. The first-order valence-corrected chi connectivity index (χ1v) is 8.00. The Labute approximate surface area is 131 Å². The van der Waals surface area contributed by atoms with E-state index >= 15 is 0 Å². The first kappa shape index (κ1) is 16.0. The number of nitrogens with one attached hydrogen (secondary N) is 1. The number of imidazole rings is 1. The van der Waals surface area contributed by atoms with E-state index < -0.39 is 0 Å². The zero-order chi connectivity index (χ0) is 15.4. The number of rotatable bonds is 7. The van der Waals surface area contributed by atoms with E-state index in [0.29, 0.717) is 6.04 Å². The van der Waals surface area contributed by atoms with Gasteiger partial charge in [-0.3, -0.25) is 0 Å². The highest BCUT2D eigenvalue weighted by molar-refractivity contribution is 7.71. The van der Waals surface area contributed by atoms with Gasteiger partial charge in [0.1, 0.15) is 11.3 Å². The minimum absolute atomic E-state index is 0.535. The van der Waals surface area contributed by atoms with Crippen LogP contribution in [0.25, 0.3) is 11.0 Å². The van der Waals surface area contributed by atoms with Crippen molar-refractivity contribution in [1.29, 1.82) is 0 Å². The molecule has 0 saturated carbocycles. The van der Waals surface area contributed by atoms with Crippen molar-refractivity contribution in [3.05, 3.63) is 23.0 Å². The highest BCUT2D eigenvalue weighted by Crippen LogP contribution is 2.25. The van der Waals surface area contributed by atoms with Crippen molar-refractivity contribution in [1.82, 2.24) is 14.5 Å². The van der Waals surface area contributed by atoms with Crippen molar-refractivity contribution in [3.63, 3.8) is 0 Å². The molecule has 4 nitrogen and oxygen atoms in total. The van der Waals surface area contributed by atoms with Crippen LogP contribution in [-0.2, 0) is 6.54 Å². The van der Waals surface area contributed by atoms with Gasteiger partial charge in [0, 0.05) is 19.1 Å². The summed E-state index contributed by atoms with van der Waals surface area (Å²) >= 11 is 5.48. The standard InChI is InChI=1S/C16H25N3OS/c1-5-11-20-14-8-6-7-13-15(14)17-16(21)19(13)10-9-18(4)12(2)3/h6-8,12H,5,9-11H2,1-4H3,(H,17,21). The Kier molecular flexibility index (Phi) is 5.42. The van der Waals surface area contributed by atoms with Crippen molar-refractivity contribution in [2.75, 3.05) is 20.2 Å². The van der Waals surface area contributed by atoms with Crippen molar-refractivity contribution in [3.8, 4) is 5.75 Å². The molecule has 0 aliphatic carbocycles. The lowest BCUT2D eigenvalue weighted by molar-refractivity contribution is 0.263. The van der Waals surface area contributed by atoms with Crippen LogP contribution >= 0.6 is 12.2 Å². The number of para-hydroxylation sites is 1. The average molecular weight is 307 g/mol. The number of nitrogens with zero attached hydrogens (tertiary/aromatic N) is 2. The summed E-state index contributed by atoms with van der Waals surface area (Å²) in [4.78, 5) is 5.61. The zero-order valence-electron chi connectivity index (χ0n) is 13.3. The Bertz CT molecular complexity index is 644. The summed E-state index contributed by atoms with van der Waals surface area (Å²) in [7, 11) is 2.14. The Hall–Kier alpha value is -1.33. The molecule has 0 amide bonds. The third-order valence-electron chi connectivity index (χ3n) is 3.79. The summed E-state index contributed by atoms with van der Waals surface area (Å²) in [5.41, 5.74) is 2.12. The lowest BCUT2D eigenvalue weighted by Gasteiger charge is -2.21. The third kappa shape index (κ3) is 3.66. The van der Waals surface area contributed by atoms with Gasteiger partial charge in [0.05, 0.1) is 12.1 Å². The maximum atomic E-state index is 5.80. The van der Waals surface area contributed by atoms with E-state index in [2.05, 4.69) is 48.3 Å². The molecule has 0 aliphatic heterocycles. The van der Waals surface area contributed by atoms with Crippen LogP contribution in [0.2, 0.25) is 0 Å². The molecule has 116 valence electrons. The van der Waals surface area contributed by atoms with Gasteiger partial charge < -0.3 is 19.2 Å². The largest absolute Gasteiger partial charge is 0.491 e. The van der Waals surface area contributed by atoms with Crippen LogP contribution in [0.4, 0.5) is 0 Å². The van der Waals surface area contributed by atoms with Gasteiger partial charge in [0.25, 0.3) is 0 Å². The molecule has 21 heavy (non-hydrogen) atoms. The molecule has 2 aromatic rings. The van der Waals surface area contributed by atoms with Gasteiger partial charge >= 0.3 is 0 Å². The highest BCUT2D eigenvalue weighted by Gasteiger charge is 2.10. The lowest BCUT2D eigenvalue weighted by Crippen LogP contribution is -2.29. The van der Waals surface area contributed by atoms with Crippen LogP contribution in [0.1, 0.15) is 27.2 Å². The molecule has 0 fully saturated rings. The maximum Gasteiger partial charge on any atom is 0.178 e. The number of hydrogen-bond acceptors (Lipinski definition) is 3. The van der Waals surface area contributed by atoms with Gasteiger partial charge in [-0.05, 0) is 51.7 Å². The fraction of sp³-hybridized carbons (Fsp3) is 0.562. The van der Waals surface area contributed by atoms with Gasteiger partial charge in [-0.1, -0.05) is 13.0 Å². The summed E-state index contributed by atoms with van der Waals surface area (Å²) in [5, 5.41) is 0. The van der Waals surface area contributed by atoms with Crippen molar-refractivity contribution in [2.24, 2.45) is 0 Å². The minimum atomic E-state index is 0.535. The van der Waals surface area contributed by atoms with Gasteiger partial charge in [-0.15, -0.1) is 0 Å². The van der Waals surface area contributed by atoms with Crippen LogP contribution in [-0.4, -0.2) is 40.7 Å². The molecule has 0 atom stereocenters. The molecule has 0 bridgehead atoms. The topological polar surface area (TPSA) is 33.2 Å². The predicted molar refractivity (Wildman–Crippen MR) is 90.7 cm³/mol. The van der Waals surface area contributed by atoms with Crippen LogP contribution in [0.5, 0.6) is 5.75 Å². The number of fused-ring (bicyclic) bond motifs is 1. The Morgan fingerprint density at radius 2 is 2.14 bits per heavy atom. The fourth-order valence-electron chi connectivity index (χ4n) is 2.22. The second kappa shape index (κ2) is 7.09. The van der Waals surface area contributed by atoms with E-state index in [1.54, 1.807) is 0 Å². The molecule has 0 radical (unpaired) electrons. The Morgan fingerprint density at radius 3 is 2.81 bits per heavy atom. The number of ether oxygens (including phenoxy) is 1. The molecule has 1 N–H and O–H groups in total. The molecule has 1 aromatic heterocycles. The number of hydrogen-bond donors (Lipinski definition) is 1. The van der Waals surface area contributed by atoms with E-state index in [0.717, 1.165) is 47.7 Å². The van der Waals surface area contributed by atoms with Crippen molar-refractivity contribution >= 4 is 23.3 Å². The van der Waals surface area contributed by atoms with Gasteiger partial charge in [-0.25, -0.2) is 0 Å². The molecule has 5 heteroatoms. The Morgan fingerprint density at radius 1 is 1.38 bits per heavy atom. The smallest absolute Gasteiger partial charge is 0.178 e. The number of benzene rings is 1. The second-order valence-electron chi connectivity index (χ2n) is 5.65. The van der Waals surface area contributed by atoms with E-state index in [9.17, 15) is 0 Å². The van der Waals surface area contributed by atoms with Gasteiger partial charge in [0.15, 0.2) is 4.77 Å². The molecular formula is C16H25N3OS. The lowest BCUT2D eigenvalue weighted by atomic mass is 10.3. The van der Waals surface area contributed by atoms with E-state index in [4.69, 9.17) is 17.0 Å². The number of aromatic nitrogens is 2. The van der Waals surface area contributed by atoms with Crippen molar-refractivity contribution < 1.29 is 4.74 Å². The zero-order valence-corrected chi connectivity index (χ0v) is 14.2. The molecular weight excluding hydrogens is 282 g/mol. The minimum Gasteiger partial charge on any atom is -0.491 e. The normalized spacial score (nSPS) is 11.7. The summed E-state index contributed by atoms with van der Waals surface area (Å²) in [5.74, 6) is 0.886. The molecule has 1 heterocycles. The van der Waals surface area contributed by atoms with Gasteiger partial charge in [0.2, 0.25) is 0 Å². The highest BCUT2D eigenvalue weighted by atomic mass is 32.1.